The van der Waals surface area contributed by atoms with Crippen LogP contribution in [-0.2, 0) is 17.8 Å². The van der Waals surface area contributed by atoms with Gasteiger partial charge < -0.3 is 9.47 Å². The lowest BCUT2D eigenvalue weighted by molar-refractivity contribution is -0.118. The third kappa shape index (κ3) is 4.47. The number of aromatic nitrogens is 2. The highest BCUT2D eigenvalue weighted by atomic mass is 35.5. The first kappa shape index (κ1) is 21.1. The third-order valence-electron chi connectivity index (χ3n) is 4.78. The van der Waals surface area contributed by atoms with Crippen LogP contribution in [-0.4, -0.2) is 30.1 Å². The van der Waals surface area contributed by atoms with Gasteiger partial charge in [0, 0.05) is 11.2 Å². The van der Waals surface area contributed by atoms with Crippen molar-refractivity contribution in [3.63, 3.8) is 0 Å². The van der Waals surface area contributed by atoms with Gasteiger partial charge in [0.1, 0.15) is 21.7 Å². The number of halogens is 1. The summed E-state index contributed by atoms with van der Waals surface area (Å²) in [6, 6.07) is 16.6. The SMILES string of the molecule is COc1ccc(OC)c2sc(N(Cc3ccccn3)C(=O)Cc3ccccc3Cl)nc12. The fraction of sp³-hybridized carbons (Fsp3) is 0.174. The monoisotopic (exact) mass is 453 g/mol. The first-order valence-electron chi connectivity index (χ1n) is 9.56. The Bertz CT molecular complexity index is 1170. The van der Waals surface area contributed by atoms with Crippen LogP contribution in [0.25, 0.3) is 10.2 Å². The van der Waals surface area contributed by atoms with E-state index in [0.717, 1.165) is 16.0 Å². The van der Waals surface area contributed by atoms with E-state index in [2.05, 4.69) is 4.98 Å². The molecule has 0 bridgehead atoms. The summed E-state index contributed by atoms with van der Waals surface area (Å²) < 4.78 is 11.8. The van der Waals surface area contributed by atoms with Gasteiger partial charge in [-0.25, -0.2) is 4.98 Å². The van der Waals surface area contributed by atoms with Crippen LogP contribution in [0.15, 0.2) is 60.8 Å². The molecule has 2 heterocycles. The molecule has 0 atom stereocenters. The first-order chi connectivity index (χ1) is 15.1. The van der Waals surface area contributed by atoms with E-state index >= 15 is 0 Å². The van der Waals surface area contributed by atoms with E-state index in [-0.39, 0.29) is 18.9 Å². The Morgan fingerprint density at radius 1 is 1.03 bits per heavy atom. The van der Waals surface area contributed by atoms with E-state index in [4.69, 9.17) is 26.1 Å². The largest absolute Gasteiger partial charge is 0.495 e. The molecule has 0 radical (unpaired) electrons. The van der Waals surface area contributed by atoms with Crippen LogP contribution in [0, 0.1) is 0 Å². The first-order valence-corrected chi connectivity index (χ1v) is 10.8. The number of pyridine rings is 1. The second-order valence-electron chi connectivity index (χ2n) is 6.71. The van der Waals surface area contributed by atoms with E-state index in [1.54, 1.807) is 37.4 Å². The molecular weight excluding hydrogens is 434 g/mol. The number of rotatable bonds is 7. The smallest absolute Gasteiger partial charge is 0.233 e. The zero-order valence-corrected chi connectivity index (χ0v) is 18.6. The predicted octanol–water partition coefficient (Wildman–Crippen LogP) is 5.14. The van der Waals surface area contributed by atoms with Crippen molar-refractivity contribution in [1.82, 2.24) is 9.97 Å². The molecule has 8 heteroatoms. The predicted molar refractivity (Wildman–Crippen MR) is 123 cm³/mol. The minimum atomic E-state index is -0.129. The minimum absolute atomic E-state index is 0.129. The number of ether oxygens (including phenoxy) is 2. The maximum atomic E-state index is 13.4. The Balaban J connectivity index is 1.77. The van der Waals surface area contributed by atoms with Crippen molar-refractivity contribution >= 4 is 44.2 Å². The van der Waals surface area contributed by atoms with Crippen molar-refractivity contribution in [1.29, 1.82) is 0 Å². The van der Waals surface area contributed by atoms with Crippen molar-refractivity contribution < 1.29 is 14.3 Å². The number of methoxy groups -OCH3 is 2. The summed E-state index contributed by atoms with van der Waals surface area (Å²) in [4.78, 5) is 24.1. The van der Waals surface area contributed by atoms with Gasteiger partial charge in [0.25, 0.3) is 0 Å². The number of thiazole rings is 1. The molecule has 4 aromatic rings. The van der Waals surface area contributed by atoms with Crippen molar-refractivity contribution in [3.05, 3.63) is 77.1 Å². The highest BCUT2D eigenvalue weighted by Gasteiger charge is 2.24. The Kier molecular flexibility index (Phi) is 6.34. The number of benzene rings is 2. The van der Waals surface area contributed by atoms with Crippen molar-refractivity contribution in [2.45, 2.75) is 13.0 Å². The van der Waals surface area contributed by atoms with Crippen LogP contribution >= 0.6 is 22.9 Å². The van der Waals surface area contributed by atoms with E-state index in [9.17, 15) is 4.79 Å². The maximum absolute atomic E-state index is 13.4. The molecule has 158 valence electrons. The highest BCUT2D eigenvalue weighted by molar-refractivity contribution is 7.22. The number of nitrogens with zero attached hydrogens (tertiary/aromatic N) is 3. The Labute approximate surface area is 189 Å². The van der Waals surface area contributed by atoms with Gasteiger partial charge in [-0.15, -0.1) is 0 Å². The van der Waals surface area contributed by atoms with Crippen LogP contribution in [0.1, 0.15) is 11.3 Å². The molecule has 0 unspecified atom stereocenters. The molecule has 0 N–H and O–H groups in total. The van der Waals surface area contributed by atoms with E-state index < -0.39 is 0 Å². The Morgan fingerprint density at radius 2 is 1.77 bits per heavy atom. The molecule has 2 aromatic heterocycles. The zero-order valence-electron chi connectivity index (χ0n) is 17.0. The van der Waals surface area contributed by atoms with Gasteiger partial charge in [-0.2, -0.15) is 0 Å². The van der Waals surface area contributed by atoms with E-state index in [1.807, 2.05) is 42.5 Å². The summed E-state index contributed by atoms with van der Waals surface area (Å²) in [5.74, 6) is 1.17. The number of fused-ring (bicyclic) bond motifs is 1. The average molecular weight is 454 g/mol. The molecule has 0 aliphatic rings. The quantitative estimate of drug-likeness (QED) is 0.387. The minimum Gasteiger partial charge on any atom is -0.495 e. The van der Waals surface area contributed by atoms with Crippen LogP contribution in [0.3, 0.4) is 0 Å². The molecular formula is C23H20ClN3O3S. The van der Waals surface area contributed by atoms with E-state index in [1.165, 1.54) is 11.3 Å². The summed E-state index contributed by atoms with van der Waals surface area (Å²) in [6.07, 6.45) is 1.85. The maximum Gasteiger partial charge on any atom is 0.233 e. The second kappa shape index (κ2) is 9.32. The van der Waals surface area contributed by atoms with Crippen LogP contribution < -0.4 is 14.4 Å². The molecule has 4 rings (SSSR count). The lowest BCUT2D eigenvalue weighted by atomic mass is 10.1. The molecule has 31 heavy (non-hydrogen) atoms. The number of carbonyl (C=O) groups excluding carboxylic acids is 1. The average Bonchev–Trinajstić information content (AvgIpc) is 3.24. The summed E-state index contributed by atoms with van der Waals surface area (Å²) >= 11 is 7.67. The molecule has 1 amide bonds. The fourth-order valence-corrected chi connectivity index (χ4v) is 4.50. The molecule has 0 aliphatic heterocycles. The van der Waals surface area contributed by atoms with Crippen molar-refractivity contribution in [2.75, 3.05) is 19.1 Å². The number of hydrogen-bond donors (Lipinski definition) is 0. The van der Waals surface area contributed by atoms with Gasteiger partial charge in [-0.1, -0.05) is 47.2 Å². The highest BCUT2D eigenvalue weighted by Crippen LogP contribution is 2.40. The molecule has 0 aliphatic carbocycles. The van der Waals surface area contributed by atoms with Gasteiger partial charge in [0.05, 0.1) is 32.9 Å². The molecule has 2 aromatic carbocycles. The molecule has 6 nitrogen and oxygen atoms in total. The van der Waals surface area contributed by atoms with Crippen molar-refractivity contribution in [3.8, 4) is 11.5 Å². The van der Waals surface area contributed by atoms with Crippen LogP contribution in [0.5, 0.6) is 11.5 Å². The van der Waals surface area contributed by atoms with E-state index in [0.29, 0.717) is 27.2 Å². The summed E-state index contributed by atoms with van der Waals surface area (Å²) in [7, 11) is 3.20. The topological polar surface area (TPSA) is 64.6 Å². The van der Waals surface area contributed by atoms with Crippen LogP contribution in [0.4, 0.5) is 5.13 Å². The standard InChI is InChI=1S/C23H20ClN3O3S/c1-29-18-10-11-19(30-2)22-21(18)26-23(31-22)27(14-16-8-5-6-12-25-16)20(28)13-15-7-3-4-9-17(15)24/h3-12H,13-14H2,1-2H3. The fourth-order valence-electron chi connectivity index (χ4n) is 3.21. The Hall–Kier alpha value is -3.16. The van der Waals surface area contributed by atoms with Gasteiger partial charge in [0.15, 0.2) is 5.13 Å². The van der Waals surface area contributed by atoms with Gasteiger partial charge >= 0.3 is 0 Å². The summed E-state index contributed by atoms with van der Waals surface area (Å²) in [6.45, 7) is 0.286. The second-order valence-corrected chi connectivity index (χ2v) is 8.10. The summed E-state index contributed by atoms with van der Waals surface area (Å²) in [5, 5.41) is 1.10. The number of amides is 1. The normalized spacial score (nSPS) is 10.8. The number of hydrogen-bond acceptors (Lipinski definition) is 6. The number of carbonyl (C=O) groups is 1. The van der Waals surface area contributed by atoms with Crippen LogP contribution in [0.2, 0.25) is 5.02 Å². The van der Waals surface area contributed by atoms with Gasteiger partial charge in [-0.3, -0.25) is 14.7 Å². The zero-order chi connectivity index (χ0) is 21.8. The number of anilines is 1. The molecule has 0 fully saturated rings. The Morgan fingerprint density at radius 3 is 2.48 bits per heavy atom. The third-order valence-corrected chi connectivity index (χ3v) is 6.24. The summed E-state index contributed by atoms with van der Waals surface area (Å²) in [5.41, 5.74) is 2.17. The lowest BCUT2D eigenvalue weighted by Crippen LogP contribution is -2.32. The van der Waals surface area contributed by atoms with Gasteiger partial charge in [0.2, 0.25) is 5.91 Å². The molecule has 0 spiro atoms. The van der Waals surface area contributed by atoms with Crippen molar-refractivity contribution in [2.24, 2.45) is 0 Å². The molecule has 0 saturated carbocycles. The molecule has 0 saturated heterocycles. The van der Waals surface area contributed by atoms with Gasteiger partial charge in [-0.05, 0) is 35.9 Å². The lowest BCUT2D eigenvalue weighted by Gasteiger charge is -2.20.